The van der Waals surface area contributed by atoms with Crippen LogP contribution in [0.3, 0.4) is 0 Å². The first-order valence-corrected chi connectivity index (χ1v) is 6.83. The standard InChI is InChI=1S/C15H23N3O3/c1-5-11(6-7-12(19)20)18-15(16-4)13-9(2)8-17-10(3)14(13)21/h5,8,11,15-16,18,21H,1,6-7H2,2-4H3,(H,19,20). The maximum atomic E-state index is 10.7. The van der Waals surface area contributed by atoms with Crippen molar-refractivity contribution in [1.29, 1.82) is 0 Å². The highest BCUT2D eigenvalue weighted by Crippen LogP contribution is 2.28. The van der Waals surface area contributed by atoms with Gasteiger partial charge in [0, 0.05) is 24.2 Å². The highest BCUT2D eigenvalue weighted by molar-refractivity contribution is 5.66. The van der Waals surface area contributed by atoms with Crippen LogP contribution in [0.2, 0.25) is 0 Å². The molecular weight excluding hydrogens is 270 g/mol. The number of rotatable bonds is 8. The lowest BCUT2D eigenvalue weighted by molar-refractivity contribution is -0.137. The number of carboxylic acids is 1. The monoisotopic (exact) mass is 293 g/mol. The van der Waals surface area contributed by atoms with Crippen molar-refractivity contribution in [3.8, 4) is 5.75 Å². The number of carbonyl (C=O) groups is 1. The summed E-state index contributed by atoms with van der Waals surface area (Å²) in [6.45, 7) is 7.33. The van der Waals surface area contributed by atoms with E-state index in [9.17, 15) is 9.90 Å². The third kappa shape index (κ3) is 4.54. The lowest BCUT2D eigenvalue weighted by atomic mass is 10.0. The van der Waals surface area contributed by atoms with E-state index in [4.69, 9.17) is 5.11 Å². The van der Waals surface area contributed by atoms with Crippen LogP contribution in [0.15, 0.2) is 18.9 Å². The quantitative estimate of drug-likeness (QED) is 0.430. The summed E-state index contributed by atoms with van der Waals surface area (Å²) in [5.41, 5.74) is 2.12. The number of nitrogens with zero attached hydrogens (tertiary/aromatic N) is 1. The number of aromatic nitrogens is 1. The molecule has 0 amide bonds. The lowest BCUT2D eigenvalue weighted by Crippen LogP contribution is -2.39. The zero-order valence-corrected chi connectivity index (χ0v) is 12.7. The van der Waals surface area contributed by atoms with E-state index in [0.717, 1.165) is 5.56 Å². The molecule has 0 bridgehead atoms. The van der Waals surface area contributed by atoms with Gasteiger partial charge >= 0.3 is 5.97 Å². The van der Waals surface area contributed by atoms with E-state index < -0.39 is 5.97 Å². The Kier molecular flexibility index (Phi) is 6.33. The average molecular weight is 293 g/mol. The highest BCUT2D eigenvalue weighted by Gasteiger charge is 2.20. The van der Waals surface area contributed by atoms with Gasteiger partial charge in [-0.05, 0) is 32.9 Å². The first-order chi connectivity index (χ1) is 9.90. The summed E-state index contributed by atoms with van der Waals surface area (Å²) in [5.74, 6) is -0.702. The molecule has 0 aliphatic heterocycles. The van der Waals surface area contributed by atoms with Crippen molar-refractivity contribution < 1.29 is 15.0 Å². The van der Waals surface area contributed by atoms with Crippen LogP contribution in [0, 0.1) is 13.8 Å². The van der Waals surface area contributed by atoms with Crippen molar-refractivity contribution in [1.82, 2.24) is 15.6 Å². The molecule has 0 saturated heterocycles. The van der Waals surface area contributed by atoms with Gasteiger partial charge < -0.3 is 15.5 Å². The lowest BCUT2D eigenvalue weighted by Gasteiger charge is -2.26. The molecule has 1 rings (SSSR count). The Morgan fingerprint density at radius 3 is 2.71 bits per heavy atom. The van der Waals surface area contributed by atoms with Crippen LogP contribution in [0.25, 0.3) is 0 Å². The van der Waals surface area contributed by atoms with Gasteiger partial charge in [-0.25, -0.2) is 0 Å². The molecule has 116 valence electrons. The van der Waals surface area contributed by atoms with E-state index in [-0.39, 0.29) is 24.4 Å². The minimum absolute atomic E-state index is 0.0560. The molecule has 1 heterocycles. The molecule has 0 saturated carbocycles. The third-order valence-electron chi connectivity index (χ3n) is 3.39. The number of aryl methyl sites for hydroxylation is 2. The predicted molar refractivity (Wildman–Crippen MR) is 81.2 cm³/mol. The second kappa shape index (κ2) is 7.75. The van der Waals surface area contributed by atoms with Crippen molar-refractivity contribution in [2.45, 2.75) is 38.9 Å². The second-order valence-electron chi connectivity index (χ2n) is 4.95. The van der Waals surface area contributed by atoms with E-state index in [0.29, 0.717) is 17.7 Å². The Bertz CT molecular complexity index is 517. The minimum Gasteiger partial charge on any atom is -0.506 e. The van der Waals surface area contributed by atoms with Crippen LogP contribution in [0.4, 0.5) is 0 Å². The summed E-state index contributed by atoms with van der Waals surface area (Å²) in [4.78, 5) is 14.8. The number of carboxylic acid groups (broad SMARTS) is 1. The fourth-order valence-electron chi connectivity index (χ4n) is 2.14. The smallest absolute Gasteiger partial charge is 0.303 e. The molecule has 6 heteroatoms. The van der Waals surface area contributed by atoms with Crippen LogP contribution >= 0.6 is 0 Å². The van der Waals surface area contributed by atoms with Gasteiger partial charge in [0.15, 0.2) is 0 Å². The molecular formula is C15H23N3O3. The van der Waals surface area contributed by atoms with Gasteiger partial charge in [0.25, 0.3) is 0 Å². The largest absolute Gasteiger partial charge is 0.506 e. The molecule has 0 radical (unpaired) electrons. The van der Waals surface area contributed by atoms with Crippen LogP contribution in [-0.4, -0.2) is 34.3 Å². The number of nitrogens with one attached hydrogen (secondary N) is 2. The number of aromatic hydroxyl groups is 1. The molecule has 0 fully saturated rings. The van der Waals surface area contributed by atoms with E-state index in [2.05, 4.69) is 22.2 Å². The van der Waals surface area contributed by atoms with Gasteiger partial charge in [0.1, 0.15) is 5.75 Å². The fourth-order valence-corrected chi connectivity index (χ4v) is 2.14. The van der Waals surface area contributed by atoms with E-state index in [1.54, 1.807) is 26.2 Å². The number of hydrogen-bond acceptors (Lipinski definition) is 5. The Labute approximate surface area is 124 Å². The zero-order valence-electron chi connectivity index (χ0n) is 12.7. The average Bonchev–Trinajstić information content (AvgIpc) is 2.45. The van der Waals surface area contributed by atoms with Crippen molar-refractivity contribution in [2.75, 3.05) is 7.05 Å². The van der Waals surface area contributed by atoms with Crippen molar-refractivity contribution >= 4 is 5.97 Å². The van der Waals surface area contributed by atoms with Gasteiger partial charge in [0.2, 0.25) is 0 Å². The van der Waals surface area contributed by atoms with Gasteiger partial charge in [-0.3, -0.25) is 15.1 Å². The Hall–Kier alpha value is -1.92. The molecule has 1 aromatic heterocycles. The first kappa shape index (κ1) is 17.1. The molecule has 0 aromatic carbocycles. The summed E-state index contributed by atoms with van der Waals surface area (Å²) in [6.07, 6.45) is 3.55. The summed E-state index contributed by atoms with van der Waals surface area (Å²) < 4.78 is 0. The molecule has 0 aliphatic carbocycles. The molecule has 6 nitrogen and oxygen atoms in total. The molecule has 21 heavy (non-hydrogen) atoms. The molecule has 0 spiro atoms. The number of aliphatic carboxylic acids is 1. The second-order valence-corrected chi connectivity index (χ2v) is 4.95. The SMILES string of the molecule is C=CC(CCC(=O)O)NC(NC)c1c(C)cnc(C)c1O. The summed E-state index contributed by atoms with van der Waals surface area (Å²) >= 11 is 0. The number of hydrogen-bond donors (Lipinski definition) is 4. The van der Waals surface area contributed by atoms with Gasteiger partial charge in [0.05, 0.1) is 11.9 Å². The summed E-state index contributed by atoms with van der Waals surface area (Å²) in [5, 5.41) is 25.3. The van der Waals surface area contributed by atoms with Gasteiger partial charge in [-0.15, -0.1) is 6.58 Å². The fraction of sp³-hybridized carbons (Fsp3) is 0.467. The molecule has 0 aliphatic rings. The van der Waals surface area contributed by atoms with Crippen LogP contribution in [-0.2, 0) is 4.79 Å². The summed E-state index contributed by atoms with van der Waals surface area (Å²) in [6, 6.07) is -0.175. The first-order valence-electron chi connectivity index (χ1n) is 6.83. The van der Waals surface area contributed by atoms with Crippen LogP contribution in [0.5, 0.6) is 5.75 Å². The minimum atomic E-state index is -0.844. The molecule has 2 atom stereocenters. The predicted octanol–water partition coefficient (Wildman–Crippen LogP) is 1.63. The summed E-state index contributed by atoms with van der Waals surface area (Å²) in [7, 11) is 1.77. The van der Waals surface area contributed by atoms with Crippen LogP contribution < -0.4 is 10.6 Å². The highest BCUT2D eigenvalue weighted by atomic mass is 16.4. The van der Waals surface area contributed by atoms with Crippen molar-refractivity contribution in [3.63, 3.8) is 0 Å². The maximum absolute atomic E-state index is 10.7. The van der Waals surface area contributed by atoms with Crippen LogP contribution in [0.1, 0.15) is 35.8 Å². The van der Waals surface area contributed by atoms with Gasteiger partial charge in [-0.2, -0.15) is 0 Å². The third-order valence-corrected chi connectivity index (χ3v) is 3.39. The normalized spacial score (nSPS) is 13.7. The maximum Gasteiger partial charge on any atom is 0.303 e. The Morgan fingerprint density at radius 2 is 2.19 bits per heavy atom. The van der Waals surface area contributed by atoms with E-state index in [1.165, 1.54) is 0 Å². The van der Waals surface area contributed by atoms with Gasteiger partial charge in [-0.1, -0.05) is 6.08 Å². The molecule has 4 N–H and O–H groups in total. The Morgan fingerprint density at radius 1 is 1.52 bits per heavy atom. The molecule has 2 unspecified atom stereocenters. The van der Waals surface area contributed by atoms with Crippen molar-refractivity contribution in [2.24, 2.45) is 0 Å². The zero-order chi connectivity index (χ0) is 16.0. The Balaban J connectivity index is 2.95. The number of pyridine rings is 1. The van der Waals surface area contributed by atoms with E-state index >= 15 is 0 Å². The molecule has 1 aromatic rings. The van der Waals surface area contributed by atoms with E-state index in [1.807, 2.05) is 6.92 Å². The topological polar surface area (TPSA) is 94.5 Å². The van der Waals surface area contributed by atoms with Crippen molar-refractivity contribution in [3.05, 3.63) is 35.7 Å².